The van der Waals surface area contributed by atoms with Crippen LogP contribution in [0.5, 0.6) is 0 Å². The summed E-state index contributed by atoms with van der Waals surface area (Å²) >= 11 is 4.78. The van der Waals surface area contributed by atoms with Crippen LogP contribution >= 0.6 is 45.2 Å². The number of hydrogen-bond donors (Lipinski definition) is 0. The molecule has 12 heavy (non-hydrogen) atoms. The van der Waals surface area contributed by atoms with Crippen molar-refractivity contribution in [1.29, 1.82) is 0 Å². The molecule has 1 rings (SSSR count). The minimum absolute atomic E-state index is 1.23. The second-order valence-corrected chi connectivity index (χ2v) is 5.25. The molecule has 0 saturated heterocycles. The normalized spacial score (nSPS) is 10.2. The Morgan fingerprint density at radius 3 is 2.58 bits per heavy atom. The van der Waals surface area contributed by atoms with E-state index in [1.165, 1.54) is 32.0 Å². The molecule has 0 unspecified atom stereocenters. The van der Waals surface area contributed by atoms with Crippen LogP contribution in [0.1, 0.15) is 25.3 Å². The van der Waals surface area contributed by atoms with Crippen LogP contribution in [-0.4, -0.2) is 0 Å². The summed E-state index contributed by atoms with van der Waals surface area (Å²) in [7, 11) is 0. The Bertz CT molecular complexity index is 256. The van der Waals surface area contributed by atoms with E-state index in [1.807, 2.05) is 0 Å². The van der Waals surface area contributed by atoms with Crippen LogP contribution in [-0.2, 0) is 6.42 Å². The molecule has 66 valence electrons. The van der Waals surface area contributed by atoms with E-state index in [0.29, 0.717) is 0 Å². The van der Waals surface area contributed by atoms with Crippen LogP contribution in [0.4, 0.5) is 0 Å². The van der Waals surface area contributed by atoms with Gasteiger partial charge in [0.15, 0.2) is 0 Å². The highest BCUT2D eigenvalue weighted by Crippen LogP contribution is 2.17. The average Bonchev–Trinajstić information content (AvgIpc) is 2.03. The van der Waals surface area contributed by atoms with Crippen molar-refractivity contribution in [2.45, 2.75) is 26.2 Å². The first-order chi connectivity index (χ1) is 5.74. The molecule has 0 heterocycles. The van der Waals surface area contributed by atoms with Crippen molar-refractivity contribution in [2.75, 3.05) is 0 Å². The highest BCUT2D eigenvalue weighted by molar-refractivity contribution is 14.1. The molecule has 0 atom stereocenters. The molecule has 0 amide bonds. The van der Waals surface area contributed by atoms with E-state index < -0.39 is 0 Å². The van der Waals surface area contributed by atoms with Gasteiger partial charge >= 0.3 is 0 Å². The Hall–Kier alpha value is 0.680. The molecule has 1 aromatic rings. The molecule has 0 bridgehead atoms. The number of rotatable bonds is 3. The first kappa shape index (κ1) is 10.8. The van der Waals surface area contributed by atoms with Gasteiger partial charge in [0.1, 0.15) is 0 Å². The smallest absolute Gasteiger partial charge is 0.0172 e. The molecule has 0 spiro atoms. The summed E-state index contributed by atoms with van der Waals surface area (Å²) in [5, 5.41) is 0. The summed E-state index contributed by atoms with van der Waals surface area (Å²) in [6, 6.07) is 6.68. The highest BCUT2D eigenvalue weighted by atomic mass is 127. The molecule has 0 aromatic heterocycles. The lowest BCUT2D eigenvalue weighted by molar-refractivity contribution is 0.792. The molecule has 0 aliphatic rings. The van der Waals surface area contributed by atoms with Crippen LogP contribution in [0.25, 0.3) is 0 Å². The second-order valence-electron chi connectivity index (χ2n) is 2.84. The molecule has 2 heteroatoms. The van der Waals surface area contributed by atoms with Gasteiger partial charge < -0.3 is 0 Å². The summed E-state index contributed by atoms with van der Waals surface area (Å²) in [6.45, 7) is 2.24. The van der Waals surface area contributed by atoms with Crippen molar-refractivity contribution < 1.29 is 0 Å². The Morgan fingerprint density at radius 1 is 1.25 bits per heavy atom. The first-order valence-corrected chi connectivity index (χ1v) is 6.33. The molecule has 0 saturated carbocycles. The molecule has 0 fully saturated rings. The minimum Gasteiger partial charge on any atom is -0.0654 e. The molecule has 0 radical (unpaired) electrons. The van der Waals surface area contributed by atoms with Crippen LogP contribution < -0.4 is 0 Å². The van der Waals surface area contributed by atoms with Gasteiger partial charge in [-0.1, -0.05) is 19.4 Å². The van der Waals surface area contributed by atoms with E-state index in [0.717, 1.165) is 0 Å². The predicted octanol–water partition coefficient (Wildman–Crippen LogP) is 4.24. The summed E-state index contributed by atoms with van der Waals surface area (Å²) < 4.78 is 2.74. The number of benzene rings is 1. The van der Waals surface area contributed by atoms with Crippen molar-refractivity contribution in [3.05, 3.63) is 30.9 Å². The summed E-state index contributed by atoms with van der Waals surface area (Å²) in [4.78, 5) is 0. The van der Waals surface area contributed by atoms with E-state index in [1.54, 1.807) is 0 Å². The fraction of sp³-hybridized carbons (Fsp3) is 0.400. The molecular weight excluding hydrogens is 374 g/mol. The Kier molecular flexibility index (Phi) is 4.86. The number of halogens is 2. The van der Waals surface area contributed by atoms with Crippen molar-refractivity contribution in [2.24, 2.45) is 0 Å². The van der Waals surface area contributed by atoms with E-state index in [4.69, 9.17) is 0 Å². The minimum atomic E-state index is 1.23. The van der Waals surface area contributed by atoms with Crippen molar-refractivity contribution in [1.82, 2.24) is 0 Å². The topological polar surface area (TPSA) is 0 Å². The van der Waals surface area contributed by atoms with Gasteiger partial charge in [0.2, 0.25) is 0 Å². The lowest BCUT2D eigenvalue weighted by atomic mass is 10.1. The van der Waals surface area contributed by atoms with Crippen LogP contribution in [0.15, 0.2) is 18.2 Å². The SMILES string of the molecule is CCCCc1ccc(I)cc1I. The van der Waals surface area contributed by atoms with E-state index >= 15 is 0 Å². The van der Waals surface area contributed by atoms with Crippen molar-refractivity contribution in [3.63, 3.8) is 0 Å². The summed E-state index contributed by atoms with van der Waals surface area (Å²) in [5.74, 6) is 0. The largest absolute Gasteiger partial charge is 0.0654 e. The Morgan fingerprint density at radius 2 is 2.00 bits per heavy atom. The molecular formula is C10H12I2. The quantitative estimate of drug-likeness (QED) is 0.683. The predicted molar refractivity (Wildman–Crippen MR) is 70.5 cm³/mol. The van der Waals surface area contributed by atoms with E-state index in [-0.39, 0.29) is 0 Å². The zero-order chi connectivity index (χ0) is 8.97. The van der Waals surface area contributed by atoms with E-state index in [9.17, 15) is 0 Å². The standard InChI is InChI=1S/C10H12I2/c1-2-3-4-8-5-6-9(11)7-10(8)12/h5-7H,2-4H2,1H3. The monoisotopic (exact) mass is 386 g/mol. The summed E-state index contributed by atoms with van der Waals surface area (Å²) in [5.41, 5.74) is 1.50. The maximum absolute atomic E-state index is 2.42. The molecule has 0 nitrogen and oxygen atoms in total. The highest BCUT2D eigenvalue weighted by Gasteiger charge is 1.98. The van der Waals surface area contributed by atoms with Crippen LogP contribution in [0.2, 0.25) is 0 Å². The lowest BCUT2D eigenvalue weighted by Crippen LogP contribution is -1.89. The van der Waals surface area contributed by atoms with Gasteiger partial charge in [-0.3, -0.25) is 0 Å². The Labute approximate surface area is 101 Å². The molecule has 1 aromatic carbocycles. The third-order valence-corrected chi connectivity index (χ3v) is 3.49. The first-order valence-electron chi connectivity index (χ1n) is 4.18. The number of aryl methyl sites for hydroxylation is 1. The summed E-state index contributed by atoms with van der Waals surface area (Å²) in [6.07, 6.45) is 3.81. The Balaban J connectivity index is 2.72. The average molecular weight is 386 g/mol. The molecule has 0 aliphatic carbocycles. The molecule has 0 aliphatic heterocycles. The van der Waals surface area contributed by atoms with Crippen LogP contribution in [0, 0.1) is 7.14 Å². The van der Waals surface area contributed by atoms with Crippen molar-refractivity contribution in [3.8, 4) is 0 Å². The van der Waals surface area contributed by atoms with Gasteiger partial charge in [-0.25, -0.2) is 0 Å². The fourth-order valence-corrected chi connectivity index (χ4v) is 2.96. The van der Waals surface area contributed by atoms with Crippen LogP contribution in [0.3, 0.4) is 0 Å². The van der Waals surface area contributed by atoms with Gasteiger partial charge in [0, 0.05) is 7.14 Å². The fourth-order valence-electron chi connectivity index (χ4n) is 1.09. The number of unbranched alkanes of at least 4 members (excludes halogenated alkanes) is 1. The third-order valence-electron chi connectivity index (χ3n) is 1.81. The van der Waals surface area contributed by atoms with E-state index in [2.05, 4.69) is 70.3 Å². The third kappa shape index (κ3) is 3.20. The maximum Gasteiger partial charge on any atom is 0.0172 e. The second kappa shape index (κ2) is 5.42. The lowest BCUT2D eigenvalue weighted by Gasteiger charge is -2.03. The zero-order valence-electron chi connectivity index (χ0n) is 7.11. The molecule has 0 N–H and O–H groups in total. The van der Waals surface area contributed by atoms with Gasteiger partial charge in [0.25, 0.3) is 0 Å². The maximum atomic E-state index is 2.42. The van der Waals surface area contributed by atoms with Gasteiger partial charge in [-0.15, -0.1) is 0 Å². The van der Waals surface area contributed by atoms with Gasteiger partial charge in [0.05, 0.1) is 0 Å². The zero-order valence-corrected chi connectivity index (χ0v) is 11.4. The number of hydrogen-bond acceptors (Lipinski definition) is 0. The van der Waals surface area contributed by atoms with Gasteiger partial charge in [-0.05, 0) is 75.7 Å². The van der Waals surface area contributed by atoms with Gasteiger partial charge in [-0.2, -0.15) is 0 Å². The van der Waals surface area contributed by atoms with Crippen molar-refractivity contribution >= 4 is 45.2 Å².